The lowest BCUT2D eigenvalue weighted by atomic mass is 10.2. The zero-order valence-corrected chi connectivity index (χ0v) is 25.3. The van der Waals surface area contributed by atoms with Crippen molar-refractivity contribution >= 4 is 18.5 Å². The molecule has 0 radical (unpaired) electrons. The van der Waals surface area contributed by atoms with Gasteiger partial charge >= 0.3 is 18.5 Å². The molecule has 0 spiro atoms. The van der Waals surface area contributed by atoms with Crippen molar-refractivity contribution in [2.24, 2.45) is 0 Å². The number of carbonyl (C=O) groups excluding carboxylic acids is 3. The summed E-state index contributed by atoms with van der Waals surface area (Å²) in [6.07, 6.45) is -2.44. The normalized spacial score (nSPS) is 12.4. The minimum absolute atomic E-state index is 0.171. The average Bonchev–Trinajstić information content (AvgIpc) is 2.82. The van der Waals surface area contributed by atoms with Gasteiger partial charge in [0.2, 0.25) is 0 Å². The molecular formula is C25H46O15. The Balaban J connectivity index is 4.94. The maximum atomic E-state index is 11.7. The van der Waals surface area contributed by atoms with Gasteiger partial charge in [-0.3, -0.25) is 14.7 Å². The molecule has 0 aromatic carbocycles. The van der Waals surface area contributed by atoms with Crippen molar-refractivity contribution in [2.75, 3.05) is 39.6 Å². The van der Waals surface area contributed by atoms with Crippen molar-refractivity contribution < 1.29 is 72.1 Å². The summed E-state index contributed by atoms with van der Waals surface area (Å²) in [5.74, 6) is -1.67. The molecule has 15 nitrogen and oxygen atoms in total. The fraction of sp³-hybridized carbons (Fsp3) is 0.880. The number of hydrogen-bond acceptors (Lipinski definition) is 15. The second-order valence-corrected chi connectivity index (χ2v) is 11.1. The lowest BCUT2D eigenvalue weighted by Crippen LogP contribution is -2.42. The molecule has 0 N–H and O–H groups in total. The first-order valence-corrected chi connectivity index (χ1v) is 12.9. The molecule has 40 heavy (non-hydrogen) atoms. The van der Waals surface area contributed by atoms with Gasteiger partial charge in [0.25, 0.3) is 5.97 Å². The van der Waals surface area contributed by atoms with E-state index in [2.05, 4.69) is 14.7 Å². The smallest absolute Gasteiger partial charge is 0.430 e. The van der Waals surface area contributed by atoms with Crippen LogP contribution in [-0.2, 0) is 57.7 Å². The van der Waals surface area contributed by atoms with Crippen molar-refractivity contribution in [3.63, 3.8) is 0 Å². The minimum atomic E-state index is -1.67. The first kappa shape index (κ1) is 37.6. The Bertz CT molecular complexity index is 641. The number of hydrogen-bond donors (Lipinski definition) is 0. The Kier molecular flexibility index (Phi) is 17.0. The van der Waals surface area contributed by atoms with Gasteiger partial charge in [0.15, 0.2) is 0 Å². The van der Waals surface area contributed by atoms with E-state index in [-0.39, 0.29) is 46.1 Å². The zero-order valence-electron chi connectivity index (χ0n) is 25.3. The molecule has 0 aromatic heterocycles. The van der Waals surface area contributed by atoms with E-state index in [0.29, 0.717) is 6.42 Å². The topological polar surface area (TPSA) is 162 Å². The van der Waals surface area contributed by atoms with E-state index >= 15 is 0 Å². The van der Waals surface area contributed by atoms with Gasteiger partial charge in [0.1, 0.15) is 36.6 Å². The van der Waals surface area contributed by atoms with Gasteiger partial charge in [0.05, 0.1) is 19.8 Å². The van der Waals surface area contributed by atoms with Crippen LogP contribution >= 0.6 is 0 Å². The van der Waals surface area contributed by atoms with Crippen LogP contribution in [0.2, 0.25) is 0 Å². The standard InChI is InChI=1S/C25H46O15/c1-11-12-25(32-16-13-29-19(26)35-38-22(2,3)4,33-17-14-30-20(27)36-39-23(5,6)7)34-18-15-31-21(28)37-40-24(8,9)10/h11-18H2,1-10H3. The predicted molar refractivity (Wildman–Crippen MR) is 135 cm³/mol. The summed E-state index contributed by atoms with van der Waals surface area (Å²) < 4.78 is 32.0. The van der Waals surface area contributed by atoms with Crippen LogP contribution in [0.5, 0.6) is 0 Å². The van der Waals surface area contributed by atoms with Gasteiger partial charge < -0.3 is 28.4 Å². The molecule has 0 aliphatic rings. The second-order valence-electron chi connectivity index (χ2n) is 11.1. The summed E-state index contributed by atoms with van der Waals surface area (Å²) in [4.78, 5) is 63.4. The van der Waals surface area contributed by atoms with Crippen LogP contribution < -0.4 is 0 Å². The molecule has 0 bridgehead atoms. The monoisotopic (exact) mass is 586 g/mol. The highest BCUT2D eigenvalue weighted by molar-refractivity contribution is 5.59. The highest BCUT2D eigenvalue weighted by Gasteiger charge is 2.33. The summed E-state index contributed by atoms with van der Waals surface area (Å²) in [7, 11) is 0. The van der Waals surface area contributed by atoms with Crippen LogP contribution in [0.25, 0.3) is 0 Å². The van der Waals surface area contributed by atoms with Crippen molar-refractivity contribution in [3.8, 4) is 0 Å². The maximum absolute atomic E-state index is 11.7. The SMILES string of the molecule is CCCC(OCCOC(=O)OOC(C)(C)C)(OCCOC(=O)OOC(C)(C)C)OCCOC(=O)OOC(C)(C)C. The van der Waals surface area contributed by atoms with E-state index in [9.17, 15) is 14.4 Å². The molecular weight excluding hydrogens is 540 g/mol. The molecule has 0 saturated heterocycles. The molecule has 0 fully saturated rings. The van der Waals surface area contributed by atoms with Gasteiger partial charge in [-0.05, 0) is 68.7 Å². The van der Waals surface area contributed by atoms with Gasteiger partial charge in [-0.15, -0.1) is 0 Å². The summed E-state index contributed by atoms with van der Waals surface area (Å²) in [6, 6.07) is 0. The molecule has 0 amide bonds. The molecule has 15 heteroatoms. The Morgan fingerprint density at radius 1 is 0.475 bits per heavy atom. The Morgan fingerprint density at radius 3 is 0.975 bits per heavy atom. The maximum Gasteiger partial charge on any atom is 0.540 e. The molecule has 0 aliphatic heterocycles. The molecule has 0 aromatic rings. The van der Waals surface area contributed by atoms with E-state index in [1.165, 1.54) is 0 Å². The predicted octanol–water partition coefficient (Wildman–Crippen LogP) is 5.14. The molecule has 0 unspecified atom stereocenters. The quantitative estimate of drug-likeness (QED) is 0.0549. The number of ether oxygens (including phenoxy) is 6. The van der Waals surface area contributed by atoms with Gasteiger partial charge in [-0.2, -0.15) is 14.7 Å². The fourth-order valence-electron chi connectivity index (χ4n) is 2.16. The average molecular weight is 587 g/mol. The minimum Gasteiger partial charge on any atom is -0.430 e. The third-order valence-electron chi connectivity index (χ3n) is 3.51. The van der Waals surface area contributed by atoms with Crippen molar-refractivity contribution in [1.82, 2.24) is 0 Å². The van der Waals surface area contributed by atoms with E-state index in [1.54, 1.807) is 62.3 Å². The van der Waals surface area contributed by atoms with Crippen LogP contribution in [0, 0.1) is 0 Å². The summed E-state index contributed by atoms with van der Waals surface area (Å²) >= 11 is 0. The van der Waals surface area contributed by atoms with Crippen LogP contribution in [0.4, 0.5) is 14.4 Å². The van der Waals surface area contributed by atoms with Crippen LogP contribution in [0.15, 0.2) is 0 Å². The first-order valence-electron chi connectivity index (χ1n) is 12.9. The third-order valence-corrected chi connectivity index (χ3v) is 3.51. The highest BCUT2D eigenvalue weighted by atomic mass is 17.2. The van der Waals surface area contributed by atoms with E-state index in [0.717, 1.165) is 0 Å². The van der Waals surface area contributed by atoms with Gasteiger partial charge in [-0.1, -0.05) is 6.92 Å². The largest absolute Gasteiger partial charge is 0.540 e. The molecule has 0 saturated carbocycles. The Labute approximate surface area is 235 Å². The number of rotatable bonds is 17. The van der Waals surface area contributed by atoms with E-state index in [4.69, 9.17) is 43.1 Å². The highest BCUT2D eigenvalue weighted by Crippen LogP contribution is 2.22. The summed E-state index contributed by atoms with van der Waals surface area (Å²) in [5.41, 5.74) is -2.14. The fourth-order valence-corrected chi connectivity index (χ4v) is 2.16. The van der Waals surface area contributed by atoms with Crippen molar-refractivity contribution in [2.45, 2.75) is 105 Å². The van der Waals surface area contributed by atoms with Crippen molar-refractivity contribution in [3.05, 3.63) is 0 Å². The van der Waals surface area contributed by atoms with E-state index < -0.39 is 41.2 Å². The molecule has 0 aliphatic carbocycles. The van der Waals surface area contributed by atoms with Crippen LogP contribution in [0.1, 0.15) is 82.1 Å². The molecule has 0 heterocycles. The molecule has 0 rings (SSSR count). The Morgan fingerprint density at radius 2 is 0.750 bits per heavy atom. The van der Waals surface area contributed by atoms with Crippen LogP contribution in [-0.4, -0.2) is 80.9 Å². The van der Waals surface area contributed by atoms with Gasteiger partial charge in [-0.25, -0.2) is 14.4 Å². The van der Waals surface area contributed by atoms with Gasteiger partial charge in [0, 0.05) is 6.42 Å². The molecule has 236 valence electrons. The van der Waals surface area contributed by atoms with E-state index in [1.807, 2.05) is 6.92 Å². The second kappa shape index (κ2) is 18.1. The molecule has 0 atom stereocenters. The third kappa shape index (κ3) is 22.4. The lowest BCUT2D eigenvalue weighted by Gasteiger charge is -2.33. The number of carbonyl (C=O) groups is 3. The van der Waals surface area contributed by atoms with Crippen LogP contribution in [0.3, 0.4) is 0 Å². The first-order chi connectivity index (χ1) is 18.4. The lowest BCUT2D eigenvalue weighted by molar-refractivity contribution is -0.388. The Hall–Kier alpha value is -2.43. The summed E-state index contributed by atoms with van der Waals surface area (Å²) in [6.45, 7) is 15.9. The van der Waals surface area contributed by atoms with Crippen molar-refractivity contribution in [1.29, 1.82) is 0 Å². The summed E-state index contributed by atoms with van der Waals surface area (Å²) in [5, 5.41) is 0. The zero-order chi connectivity index (χ0) is 30.9.